The van der Waals surface area contributed by atoms with Crippen LogP contribution in [0.25, 0.3) is 0 Å². The van der Waals surface area contributed by atoms with E-state index in [0.29, 0.717) is 6.42 Å². The average Bonchev–Trinajstić information content (AvgIpc) is 3.66. The zero-order chi connectivity index (χ0) is 63.0. The van der Waals surface area contributed by atoms with Crippen LogP contribution in [0.2, 0.25) is 0 Å². The van der Waals surface area contributed by atoms with Gasteiger partial charge in [0, 0.05) is 19.4 Å². The van der Waals surface area contributed by atoms with Crippen LogP contribution in [0.4, 0.5) is 0 Å². The highest BCUT2D eigenvalue weighted by Gasteiger charge is 2.26. The number of hydrogen-bond donors (Lipinski definition) is 2. The second-order valence-electron chi connectivity index (χ2n) is 25.1. The zero-order valence-electron chi connectivity index (χ0n) is 57.3. The summed E-state index contributed by atoms with van der Waals surface area (Å²) < 4.78 is 33.2. The summed E-state index contributed by atoms with van der Waals surface area (Å²) in [6, 6.07) is 0. The quantitative estimate of drug-likeness (QED) is 0.0264. The largest absolute Gasteiger partial charge is 0.472 e. The lowest BCUT2D eigenvalue weighted by atomic mass is 10.0. The van der Waals surface area contributed by atoms with Crippen LogP contribution in [0.1, 0.15) is 373 Å². The fourth-order valence-corrected chi connectivity index (χ4v) is 11.9. The smallest absolute Gasteiger partial charge is 0.462 e. The molecule has 2 atom stereocenters. The first-order valence-electron chi connectivity index (χ1n) is 37.4. The number of carbonyl (C=O) groups excluding carboxylic acids is 2. The molecule has 508 valence electrons. The number of carbonyl (C=O) groups is 2. The van der Waals surface area contributed by atoms with E-state index in [1.807, 2.05) is 0 Å². The summed E-state index contributed by atoms with van der Waals surface area (Å²) in [6.07, 6.45) is 95.9. The van der Waals surface area contributed by atoms with Crippen molar-refractivity contribution >= 4 is 19.8 Å². The predicted octanol–water partition coefficient (Wildman–Crippen LogP) is 24.8. The molecule has 0 rings (SSSR count). The minimum Gasteiger partial charge on any atom is -0.462 e. The van der Waals surface area contributed by atoms with E-state index in [2.05, 4.69) is 86.8 Å². The van der Waals surface area contributed by atoms with Gasteiger partial charge in [0.05, 0.1) is 13.2 Å². The minimum absolute atomic E-state index is 0.0526. The Labute approximate surface area is 539 Å². The van der Waals surface area contributed by atoms with E-state index in [1.54, 1.807) is 0 Å². The normalized spacial score (nSPS) is 13.3. The summed E-state index contributed by atoms with van der Waals surface area (Å²) in [5, 5.41) is 0. The van der Waals surface area contributed by atoms with Crippen LogP contribution >= 0.6 is 7.82 Å². The number of nitrogens with two attached hydrogens (primary N) is 1. The molecule has 0 heterocycles. The average molecular weight is 1240 g/mol. The number of ether oxygens (including phenoxy) is 2. The van der Waals surface area contributed by atoms with Gasteiger partial charge in [0.2, 0.25) is 0 Å². The predicted molar refractivity (Wildman–Crippen MR) is 376 cm³/mol. The summed E-state index contributed by atoms with van der Waals surface area (Å²) in [5.41, 5.74) is 5.41. The number of rotatable bonds is 71. The summed E-state index contributed by atoms with van der Waals surface area (Å²) in [6.45, 7) is 3.69. The maximum atomic E-state index is 12.8. The first-order valence-corrected chi connectivity index (χ1v) is 38.9. The molecule has 10 heteroatoms. The van der Waals surface area contributed by atoms with E-state index >= 15 is 0 Å². The molecule has 3 N–H and O–H groups in total. The van der Waals surface area contributed by atoms with E-state index in [1.165, 1.54) is 263 Å². The lowest BCUT2D eigenvalue weighted by Gasteiger charge is -2.19. The van der Waals surface area contributed by atoms with E-state index < -0.39 is 26.5 Å². The Hall–Kier alpha value is -2.55. The van der Waals surface area contributed by atoms with Gasteiger partial charge in [-0.15, -0.1) is 0 Å². The first kappa shape index (κ1) is 84.5. The Kier molecular flexibility index (Phi) is 70.4. The Morgan fingerprint density at radius 1 is 0.356 bits per heavy atom. The molecule has 9 nitrogen and oxygen atoms in total. The van der Waals surface area contributed by atoms with Crippen LogP contribution in [0, 0.1) is 0 Å². The summed E-state index contributed by atoms with van der Waals surface area (Å²) in [7, 11) is -4.40. The SMILES string of the molecule is CC/C=C\C/C=C\C/C=C\C/C=C\C/C=C\C/C=C\CCCCCCCCCCCCCCC(=O)OC(COC(=O)CCCCCCCCCCCCCCCCCCCCCCCCCCCCCCCCCCCCC)COP(=O)(O)OCCN. The molecule has 0 bridgehead atoms. The molecule has 0 radical (unpaired) electrons. The van der Waals surface area contributed by atoms with Gasteiger partial charge in [0.15, 0.2) is 6.10 Å². The lowest BCUT2D eigenvalue weighted by Crippen LogP contribution is -2.29. The Morgan fingerprint density at radius 3 is 0.943 bits per heavy atom. The van der Waals surface area contributed by atoms with Crippen LogP contribution in [-0.2, 0) is 32.7 Å². The number of phosphoric acid groups is 1. The van der Waals surface area contributed by atoms with Gasteiger partial charge in [-0.2, -0.15) is 0 Å². The van der Waals surface area contributed by atoms with Crippen LogP contribution in [0.5, 0.6) is 0 Å². The van der Waals surface area contributed by atoms with Crippen molar-refractivity contribution in [1.82, 2.24) is 0 Å². The molecule has 0 aliphatic carbocycles. The Balaban J connectivity index is 3.81. The van der Waals surface area contributed by atoms with E-state index in [9.17, 15) is 19.0 Å². The Bertz CT molecular complexity index is 1660. The molecule has 0 aromatic carbocycles. The standard InChI is InChI=1S/C77H142NO8P/c1-3-5-7-9-11-13-15-17-19-21-23-25-27-29-31-33-35-36-37-38-40-41-43-45-47-49-51-53-55-57-59-61-63-65-67-69-76(79)83-73-75(74-85-87(81,82)84-72-71-78)86-77(80)70-68-66-64-62-60-58-56-54-52-50-48-46-44-42-39-34-32-30-28-26-24-22-20-18-16-14-12-10-8-6-4-2/h6,8,12,14,18,20,24,26,30,32,39,42,75H,3-5,7,9-11,13,15-17,19,21-23,25,27-29,31,33-38,40-41,43-74,78H2,1-2H3,(H,81,82)/b8-6-,14-12-,20-18-,26-24-,32-30-,42-39-. The molecule has 0 aromatic heterocycles. The highest BCUT2D eigenvalue weighted by atomic mass is 31.2. The highest BCUT2D eigenvalue weighted by Crippen LogP contribution is 2.43. The number of allylic oxidation sites excluding steroid dienone is 12. The molecule has 0 spiro atoms. The molecule has 87 heavy (non-hydrogen) atoms. The molecular formula is C77H142NO8P. The second kappa shape index (κ2) is 72.5. The fourth-order valence-electron chi connectivity index (χ4n) is 11.1. The number of phosphoric ester groups is 1. The van der Waals surface area contributed by atoms with Gasteiger partial charge in [-0.25, -0.2) is 4.57 Å². The van der Waals surface area contributed by atoms with Crippen molar-refractivity contribution in [3.8, 4) is 0 Å². The highest BCUT2D eigenvalue weighted by molar-refractivity contribution is 7.47. The third-order valence-corrected chi connectivity index (χ3v) is 17.6. The van der Waals surface area contributed by atoms with Gasteiger partial charge in [-0.1, -0.05) is 369 Å². The molecule has 0 aliphatic heterocycles. The molecular weight excluding hydrogens is 1100 g/mol. The van der Waals surface area contributed by atoms with Crippen molar-refractivity contribution in [2.45, 2.75) is 380 Å². The van der Waals surface area contributed by atoms with Gasteiger partial charge in [0.1, 0.15) is 6.61 Å². The van der Waals surface area contributed by atoms with Gasteiger partial charge >= 0.3 is 19.8 Å². The van der Waals surface area contributed by atoms with Crippen LogP contribution in [0.15, 0.2) is 72.9 Å². The van der Waals surface area contributed by atoms with Crippen molar-refractivity contribution in [3.63, 3.8) is 0 Å². The molecule has 2 unspecified atom stereocenters. The number of hydrogen-bond acceptors (Lipinski definition) is 8. The lowest BCUT2D eigenvalue weighted by molar-refractivity contribution is -0.161. The van der Waals surface area contributed by atoms with Crippen molar-refractivity contribution in [2.75, 3.05) is 26.4 Å². The third kappa shape index (κ3) is 72.4. The second-order valence-corrected chi connectivity index (χ2v) is 26.6. The Morgan fingerprint density at radius 2 is 0.632 bits per heavy atom. The van der Waals surface area contributed by atoms with Gasteiger partial charge in [0.25, 0.3) is 0 Å². The third-order valence-electron chi connectivity index (χ3n) is 16.6. The van der Waals surface area contributed by atoms with Crippen molar-refractivity contribution in [2.24, 2.45) is 5.73 Å². The van der Waals surface area contributed by atoms with Crippen molar-refractivity contribution in [3.05, 3.63) is 72.9 Å². The van der Waals surface area contributed by atoms with Crippen molar-refractivity contribution < 1.29 is 37.6 Å². The maximum absolute atomic E-state index is 12.8. The van der Waals surface area contributed by atoms with Crippen LogP contribution in [0.3, 0.4) is 0 Å². The monoisotopic (exact) mass is 1240 g/mol. The van der Waals surface area contributed by atoms with E-state index in [4.69, 9.17) is 24.3 Å². The minimum atomic E-state index is -4.40. The van der Waals surface area contributed by atoms with Crippen LogP contribution in [-0.4, -0.2) is 49.3 Å². The molecule has 0 fully saturated rings. The molecule has 0 amide bonds. The topological polar surface area (TPSA) is 134 Å². The van der Waals surface area contributed by atoms with E-state index in [-0.39, 0.29) is 38.6 Å². The first-order chi connectivity index (χ1) is 42.8. The number of unbranched alkanes of at least 4 members (excludes halogenated alkanes) is 46. The summed E-state index contributed by atoms with van der Waals surface area (Å²) in [5.74, 6) is -0.814. The van der Waals surface area contributed by atoms with Crippen molar-refractivity contribution in [1.29, 1.82) is 0 Å². The molecule has 0 aromatic rings. The summed E-state index contributed by atoms with van der Waals surface area (Å²) >= 11 is 0. The van der Waals surface area contributed by atoms with E-state index in [0.717, 1.165) is 77.0 Å². The molecule has 0 aliphatic rings. The van der Waals surface area contributed by atoms with Gasteiger partial charge in [-0.05, 0) is 64.2 Å². The maximum Gasteiger partial charge on any atom is 0.472 e. The van der Waals surface area contributed by atoms with Gasteiger partial charge < -0.3 is 20.1 Å². The van der Waals surface area contributed by atoms with Crippen LogP contribution < -0.4 is 5.73 Å². The molecule has 0 saturated heterocycles. The fraction of sp³-hybridized carbons (Fsp3) is 0.818. The zero-order valence-corrected chi connectivity index (χ0v) is 58.2. The molecule has 0 saturated carbocycles. The number of esters is 2. The van der Waals surface area contributed by atoms with Gasteiger partial charge in [-0.3, -0.25) is 18.6 Å². The summed E-state index contributed by atoms with van der Waals surface area (Å²) in [4.78, 5) is 35.4.